The first-order valence-electron chi connectivity index (χ1n) is 9.00. The Morgan fingerprint density at radius 3 is 2.92 bits per heavy atom. The molecule has 1 saturated heterocycles. The Kier molecular flexibility index (Phi) is 3.86. The molecule has 1 saturated carbocycles. The molecular formula is C19H20N4O2S. The van der Waals surface area contributed by atoms with Crippen LogP contribution in [0, 0.1) is 17.8 Å². The monoisotopic (exact) mass is 368 g/mol. The minimum absolute atomic E-state index is 0.00284. The summed E-state index contributed by atoms with van der Waals surface area (Å²) in [4.78, 5) is 24.2. The molecule has 26 heavy (non-hydrogen) atoms. The van der Waals surface area contributed by atoms with Crippen molar-refractivity contribution >= 4 is 29.2 Å². The van der Waals surface area contributed by atoms with Gasteiger partial charge in [-0.25, -0.2) is 9.97 Å². The molecule has 6 nitrogen and oxygen atoms in total. The van der Waals surface area contributed by atoms with Crippen LogP contribution in [0.25, 0.3) is 0 Å². The second kappa shape index (κ2) is 6.25. The van der Waals surface area contributed by atoms with E-state index < -0.39 is 0 Å². The first-order valence-corrected chi connectivity index (χ1v) is 9.82. The van der Waals surface area contributed by atoms with Crippen LogP contribution in [0.5, 0.6) is 0 Å². The van der Waals surface area contributed by atoms with E-state index in [1.54, 1.807) is 24.2 Å². The maximum absolute atomic E-state index is 11.9. The maximum Gasteiger partial charge on any atom is 0.309 e. The second-order valence-corrected chi connectivity index (χ2v) is 8.10. The highest BCUT2D eigenvalue weighted by Gasteiger charge is 2.60. The van der Waals surface area contributed by atoms with Gasteiger partial charge in [-0.2, -0.15) is 0 Å². The molecule has 3 aliphatic rings. The number of ether oxygens (including phenoxy) is 1. The number of hydrogen-bond donors (Lipinski definition) is 1. The van der Waals surface area contributed by atoms with Gasteiger partial charge >= 0.3 is 5.97 Å². The third kappa shape index (κ3) is 2.75. The van der Waals surface area contributed by atoms with Crippen LogP contribution in [0.2, 0.25) is 0 Å². The number of piperidine rings is 1. The number of nitrogens with one attached hydrogen (secondary N) is 1. The van der Waals surface area contributed by atoms with Gasteiger partial charge in [0.15, 0.2) is 5.82 Å². The summed E-state index contributed by atoms with van der Waals surface area (Å²) in [6.45, 7) is 5.24. The first kappa shape index (κ1) is 16.1. The van der Waals surface area contributed by atoms with E-state index in [1.807, 2.05) is 6.92 Å². The van der Waals surface area contributed by atoms with E-state index in [-0.39, 0.29) is 11.9 Å². The van der Waals surface area contributed by atoms with E-state index in [4.69, 9.17) is 4.74 Å². The van der Waals surface area contributed by atoms with Crippen molar-refractivity contribution < 1.29 is 9.53 Å². The highest BCUT2D eigenvalue weighted by atomic mass is 32.2. The Morgan fingerprint density at radius 1 is 1.31 bits per heavy atom. The van der Waals surface area contributed by atoms with E-state index in [1.165, 1.54) is 10.5 Å². The van der Waals surface area contributed by atoms with Crippen molar-refractivity contribution in [1.82, 2.24) is 14.9 Å². The number of carbonyl (C=O) groups excluding carboxylic acids is 1. The summed E-state index contributed by atoms with van der Waals surface area (Å²) in [5.74, 6) is 1.94. The van der Waals surface area contributed by atoms with Gasteiger partial charge in [0.05, 0.1) is 18.2 Å². The third-order valence-corrected chi connectivity index (χ3v) is 6.47. The van der Waals surface area contributed by atoms with Gasteiger partial charge in [-0.3, -0.25) is 9.69 Å². The number of aromatic nitrogens is 2. The van der Waals surface area contributed by atoms with Crippen molar-refractivity contribution in [2.24, 2.45) is 17.8 Å². The zero-order chi connectivity index (χ0) is 17.7. The van der Waals surface area contributed by atoms with Gasteiger partial charge in [0.25, 0.3) is 0 Å². The Balaban J connectivity index is 1.23. The molecule has 3 heterocycles. The van der Waals surface area contributed by atoms with Crippen LogP contribution in [-0.4, -0.2) is 40.5 Å². The first-order chi connectivity index (χ1) is 12.7. The van der Waals surface area contributed by atoms with Gasteiger partial charge in [0.1, 0.15) is 5.03 Å². The Labute approximate surface area is 156 Å². The largest absolute Gasteiger partial charge is 0.466 e. The summed E-state index contributed by atoms with van der Waals surface area (Å²) in [5.41, 5.74) is 2.37. The molecule has 134 valence electrons. The molecule has 1 N–H and O–H groups in total. The maximum atomic E-state index is 11.9. The van der Waals surface area contributed by atoms with E-state index >= 15 is 0 Å². The Hall–Kier alpha value is -2.12. The number of rotatable bonds is 4. The average molecular weight is 368 g/mol. The van der Waals surface area contributed by atoms with E-state index in [9.17, 15) is 4.79 Å². The van der Waals surface area contributed by atoms with Crippen LogP contribution in [0.15, 0.2) is 40.5 Å². The second-order valence-electron chi connectivity index (χ2n) is 7.07. The number of anilines is 2. The van der Waals surface area contributed by atoms with Crippen LogP contribution in [0.1, 0.15) is 12.5 Å². The number of hydrogen-bond acceptors (Lipinski definition) is 7. The quantitative estimate of drug-likeness (QED) is 0.710. The zero-order valence-electron chi connectivity index (χ0n) is 14.5. The molecule has 2 aliphatic heterocycles. The molecule has 0 radical (unpaired) electrons. The highest BCUT2D eigenvalue weighted by Crippen LogP contribution is 2.52. The van der Waals surface area contributed by atoms with Crippen LogP contribution in [0.3, 0.4) is 0 Å². The molecule has 1 aliphatic carbocycles. The van der Waals surface area contributed by atoms with E-state index in [2.05, 4.69) is 38.4 Å². The van der Waals surface area contributed by atoms with Crippen LogP contribution < -0.4 is 5.32 Å². The van der Waals surface area contributed by atoms with Gasteiger partial charge in [-0.05, 0) is 36.5 Å². The summed E-state index contributed by atoms with van der Waals surface area (Å²) in [6, 6.07) is 6.53. The molecule has 2 fully saturated rings. The van der Waals surface area contributed by atoms with Crippen molar-refractivity contribution in [2.45, 2.75) is 23.4 Å². The average Bonchev–Trinajstić information content (AvgIpc) is 3.16. The summed E-state index contributed by atoms with van der Waals surface area (Å²) in [7, 11) is 0. The molecule has 5 rings (SSSR count). The molecule has 2 aromatic rings. The lowest BCUT2D eigenvalue weighted by atomic mass is 10.1. The Morgan fingerprint density at radius 2 is 2.12 bits per heavy atom. The SMILES string of the molecule is CCOC(=O)C1C2CN(Cc3ccc4c(c3)Nc3nccnc3S4)C[C@H]21. The number of fused-ring (bicyclic) bond motifs is 3. The lowest BCUT2D eigenvalue weighted by Crippen LogP contribution is -2.26. The molecule has 3 atom stereocenters. The van der Waals surface area contributed by atoms with Crippen LogP contribution in [-0.2, 0) is 16.1 Å². The van der Waals surface area contributed by atoms with Crippen molar-refractivity contribution in [3.63, 3.8) is 0 Å². The minimum Gasteiger partial charge on any atom is -0.466 e. The van der Waals surface area contributed by atoms with Gasteiger partial charge in [0, 0.05) is 36.9 Å². The lowest BCUT2D eigenvalue weighted by Gasteiger charge is -2.22. The van der Waals surface area contributed by atoms with Gasteiger partial charge in [-0.1, -0.05) is 17.8 Å². The predicted octanol–water partition coefficient (Wildman–Crippen LogP) is 2.93. The summed E-state index contributed by atoms with van der Waals surface area (Å²) >= 11 is 1.65. The van der Waals surface area contributed by atoms with Gasteiger partial charge in [-0.15, -0.1) is 0 Å². The standard InChI is InChI=1S/C19H20N4O2S/c1-2-25-19(24)16-12-9-23(10-13(12)16)8-11-3-4-15-14(7-11)22-17-18(26-15)21-6-5-20-17/h3-7,12-13,16H,2,8-10H2,1H3,(H,20,22)/t12-,13?,16?/m1/s1. The molecule has 1 aromatic carbocycles. The molecule has 0 bridgehead atoms. The van der Waals surface area contributed by atoms with Gasteiger partial charge < -0.3 is 10.1 Å². The number of nitrogens with zero attached hydrogens (tertiary/aromatic N) is 3. The Bertz CT molecular complexity index is 862. The lowest BCUT2D eigenvalue weighted by molar-refractivity contribution is -0.145. The highest BCUT2D eigenvalue weighted by molar-refractivity contribution is 7.99. The van der Waals surface area contributed by atoms with Crippen molar-refractivity contribution in [1.29, 1.82) is 0 Å². The van der Waals surface area contributed by atoms with E-state index in [0.29, 0.717) is 18.4 Å². The summed E-state index contributed by atoms with van der Waals surface area (Å²) in [6.07, 6.45) is 3.42. The van der Waals surface area contributed by atoms with Gasteiger partial charge in [0.2, 0.25) is 0 Å². The fraction of sp³-hybridized carbons (Fsp3) is 0.421. The molecular weight excluding hydrogens is 348 g/mol. The number of esters is 1. The van der Waals surface area contributed by atoms with Crippen LogP contribution >= 0.6 is 11.8 Å². The molecule has 0 spiro atoms. The fourth-order valence-corrected chi connectivity index (χ4v) is 5.05. The van der Waals surface area contributed by atoms with Crippen molar-refractivity contribution in [3.05, 3.63) is 36.2 Å². The van der Waals surface area contributed by atoms with Crippen molar-refractivity contribution in [3.8, 4) is 0 Å². The number of likely N-dealkylation sites (tertiary alicyclic amines) is 1. The number of carbonyl (C=O) groups is 1. The molecule has 2 unspecified atom stereocenters. The summed E-state index contributed by atoms with van der Waals surface area (Å²) < 4.78 is 5.17. The predicted molar refractivity (Wildman–Crippen MR) is 98.3 cm³/mol. The third-order valence-electron chi connectivity index (χ3n) is 5.40. The molecule has 0 amide bonds. The zero-order valence-corrected chi connectivity index (χ0v) is 15.3. The van der Waals surface area contributed by atoms with Crippen molar-refractivity contribution in [2.75, 3.05) is 25.0 Å². The number of benzene rings is 1. The minimum atomic E-state index is -0.00284. The van der Waals surface area contributed by atoms with Crippen LogP contribution in [0.4, 0.5) is 11.5 Å². The van der Waals surface area contributed by atoms with E-state index in [0.717, 1.165) is 36.2 Å². The molecule has 1 aromatic heterocycles. The topological polar surface area (TPSA) is 67.3 Å². The molecule has 7 heteroatoms. The fourth-order valence-electron chi connectivity index (χ4n) is 4.17. The normalized spacial score (nSPS) is 25.7. The smallest absolute Gasteiger partial charge is 0.309 e. The summed E-state index contributed by atoms with van der Waals surface area (Å²) in [5, 5.41) is 4.30.